The number of rotatable bonds is 4. The zero-order valence-corrected chi connectivity index (χ0v) is 11.6. The Morgan fingerprint density at radius 3 is 3.06 bits per heavy atom. The highest BCUT2D eigenvalue weighted by Gasteiger charge is 2.16. The van der Waals surface area contributed by atoms with Crippen LogP contribution in [0.15, 0.2) is 24.3 Å². The van der Waals surface area contributed by atoms with Crippen molar-refractivity contribution in [2.75, 3.05) is 18.1 Å². The molecule has 1 heterocycles. The summed E-state index contributed by atoms with van der Waals surface area (Å²) in [5, 5.41) is 6.38. The van der Waals surface area contributed by atoms with Gasteiger partial charge in [-0.25, -0.2) is 0 Å². The number of amides is 1. The van der Waals surface area contributed by atoms with Gasteiger partial charge < -0.3 is 10.6 Å². The smallest absolute Gasteiger partial charge is 0.221 e. The average Bonchev–Trinajstić information content (AvgIpc) is 2.39. The molecule has 1 aromatic rings. The standard InChI is InChI=1S/C14H20N2OS/c1-11-4-2-3-5-12(11)9-16-14(17)8-13-10-18-7-6-15-13/h2-5,13,15H,6-10H2,1H3,(H,16,17). The maximum atomic E-state index is 11.8. The molecule has 3 nitrogen and oxygen atoms in total. The van der Waals surface area contributed by atoms with Crippen molar-refractivity contribution >= 4 is 17.7 Å². The van der Waals surface area contributed by atoms with E-state index in [2.05, 4.69) is 29.7 Å². The molecular formula is C14H20N2OS. The van der Waals surface area contributed by atoms with Gasteiger partial charge in [0.25, 0.3) is 0 Å². The molecule has 1 amide bonds. The van der Waals surface area contributed by atoms with Crippen LogP contribution in [0.25, 0.3) is 0 Å². The summed E-state index contributed by atoms with van der Waals surface area (Å²) in [7, 11) is 0. The lowest BCUT2D eigenvalue weighted by atomic mass is 10.1. The molecule has 98 valence electrons. The predicted octanol–water partition coefficient (Wildman–Crippen LogP) is 1.71. The molecule has 0 radical (unpaired) electrons. The summed E-state index contributed by atoms with van der Waals surface area (Å²) in [4.78, 5) is 11.8. The summed E-state index contributed by atoms with van der Waals surface area (Å²) in [6, 6.07) is 8.49. The third-order valence-electron chi connectivity index (χ3n) is 3.17. The Morgan fingerprint density at radius 1 is 1.50 bits per heavy atom. The Labute approximate surface area is 113 Å². The van der Waals surface area contributed by atoms with Crippen LogP contribution in [-0.4, -0.2) is 30.0 Å². The van der Waals surface area contributed by atoms with Gasteiger partial charge in [-0.15, -0.1) is 0 Å². The fourth-order valence-electron chi connectivity index (χ4n) is 2.05. The lowest BCUT2D eigenvalue weighted by molar-refractivity contribution is -0.121. The van der Waals surface area contributed by atoms with Crippen LogP contribution in [0.4, 0.5) is 0 Å². The van der Waals surface area contributed by atoms with Gasteiger partial charge in [0.05, 0.1) is 0 Å². The van der Waals surface area contributed by atoms with Gasteiger partial charge in [-0.05, 0) is 18.1 Å². The molecule has 0 aliphatic carbocycles. The van der Waals surface area contributed by atoms with E-state index in [4.69, 9.17) is 0 Å². The third kappa shape index (κ3) is 4.03. The van der Waals surface area contributed by atoms with Crippen molar-refractivity contribution < 1.29 is 4.79 Å². The molecule has 0 aromatic heterocycles. The van der Waals surface area contributed by atoms with Crippen molar-refractivity contribution in [1.29, 1.82) is 0 Å². The largest absolute Gasteiger partial charge is 0.352 e. The van der Waals surface area contributed by atoms with Crippen LogP contribution >= 0.6 is 11.8 Å². The molecule has 2 rings (SSSR count). The highest BCUT2D eigenvalue weighted by Crippen LogP contribution is 2.10. The van der Waals surface area contributed by atoms with E-state index in [9.17, 15) is 4.79 Å². The normalized spacial score (nSPS) is 19.5. The number of hydrogen-bond acceptors (Lipinski definition) is 3. The van der Waals surface area contributed by atoms with Crippen LogP contribution < -0.4 is 10.6 Å². The van der Waals surface area contributed by atoms with Gasteiger partial charge in [-0.3, -0.25) is 4.79 Å². The Morgan fingerprint density at radius 2 is 2.33 bits per heavy atom. The maximum Gasteiger partial charge on any atom is 0.221 e. The molecule has 1 saturated heterocycles. The molecule has 1 unspecified atom stereocenters. The molecule has 1 aliphatic rings. The van der Waals surface area contributed by atoms with Crippen molar-refractivity contribution in [2.45, 2.75) is 25.9 Å². The van der Waals surface area contributed by atoms with E-state index in [0.29, 0.717) is 19.0 Å². The number of carbonyl (C=O) groups excluding carboxylic acids is 1. The summed E-state index contributed by atoms with van der Waals surface area (Å²) in [6.45, 7) is 3.71. The second-order valence-electron chi connectivity index (χ2n) is 4.63. The van der Waals surface area contributed by atoms with Crippen LogP contribution in [0.2, 0.25) is 0 Å². The molecule has 0 bridgehead atoms. The first-order valence-corrected chi connectivity index (χ1v) is 7.53. The van der Waals surface area contributed by atoms with Gasteiger partial charge in [-0.2, -0.15) is 11.8 Å². The highest BCUT2D eigenvalue weighted by atomic mass is 32.2. The summed E-state index contributed by atoms with van der Waals surface area (Å²) < 4.78 is 0. The molecule has 2 N–H and O–H groups in total. The summed E-state index contributed by atoms with van der Waals surface area (Å²) in [5.41, 5.74) is 2.42. The van der Waals surface area contributed by atoms with Gasteiger partial charge in [0, 0.05) is 37.1 Å². The topological polar surface area (TPSA) is 41.1 Å². The van der Waals surface area contributed by atoms with Crippen LogP contribution in [0.3, 0.4) is 0 Å². The van der Waals surface area contributed by atoms with Crippen molar-refractivity contribution in [3.05, 3.63) is 35.4 Å². The molecule has 18 heavy (non-hydrogen) atoms. The molecule has 1 aliphatic heterocycles. The summed E-state index contributed by atoms with van der Waals surface area (Å²) in [6.07, 6.45) is 0.582. The van der Waals surface area contributed by atoms with Crippen molar-refractivity contribution in [2.24, 2.45) is 0 Å². The Hall–Kier alpha value is -1.000. The lowest BCUT2D eigenvalue weighted by Crippen LogP contribution is -2.41. The minimum atomic E-state index is 0.137. The molecule has 1 aromatic carbocycles. The van der Waals surface area contributed by atoms with Gasteiger partial charge in [-0.1, -0.05) is 24.3 Å². The Bertz CT molecular complexity index is 403. The first kappa shape index (κ1) is 13.4. The second kappa shape index (κ2) is 6.81. The molecule has 0 spiro atoms. The van der Waals surface area contributed by atoms with Crippen molar-refractivity contribution in [3.63, 3.8) is 0 Å². The van der Waals surface area contributed by atoms with E-state index in [1.807, 2.05) is 23.9 Å². The van der Waals surface area contributed by atoms with Gasteiger partial charge in [0.2, 0.25) is 5.91 Å². The predicted molar refractivity (Wildman–Crippen MR) is 76.8 cm³/mol. The van der Waals surface area contributed by atoms with Gasteiger partial charge in [0.1, 0.15) is 0 Å². The monoisotopic (exact) mass is 264 g/mol. The highest BCUT2D eigenvalue weighted by molar-refractivity contribution is 7.99. The van der Waals surface area contributed by atoms with Crippen LogP contribution in [0.5, 0.6) is 0 Å². The minimum Gasteiger partial charge on any atom is -0.352 e. The number of aryl methyl sites for hydroxylation is 1. The Kier molecular flexibility index (Phi) is 5.08. The fraction of sp³-hybridized carbons (Fsp3) is 0.500. The number of carbonyl (C=O) groups is 1. The number of thioether (sulfide) groups is 1. The number of hydrogen-bond donors (Lipinski definition) is 2. The molecule has 4 heteroatoms. The van der Waals surface area contributed by atoms with E-state index in [0.717, 1.165) is 18.1 Å². The first-order chi connectivity index (χ1) is 8.75. The maximum absolute atomic E-state index is 11.8. The molecule has 1 fully saturated rings. The number of benzene rings is 1. The van der Waals surface area contributed by atoms with E-state index in [1.54, 1.807) is 0 Å². The zero-order chi connectivity index (χ0) is 12.8. The van der Waals surface area contributed by atoms with Crippen LogP contribution in [0, 0.1) is 6.92 Å². The molecular weight excluding hydrogens is 244 g/mol. The van der Waals surface area contributed by atoms with Crippen LogP contribution in [-0.2, 0) is 11.3 Å². The van der Waals surface area contributed by atoms with Gasteiger partial charge in [0.15, 0.2) is 0 Å². The van der Waals surface area contributed by atoms with Crippen molar-refractivity contribution in [3.8, 4) is 0 Å². The summed E-state index contributed by atoms with van der Waals surface area (Å²) in [5.74, 6) is 2.33. The fourth-order valence-corrected chi connectivity index (χ4v) is 3.00. The quantitative estimate of drug-likeness (QED) is 0.870. The molecule has 0 saturated carbocycles. The lowest BCUT2D eigenvalue weighted by Gasteiger charge is -2.22. The average molecular weight is 264 g/mol. The van der Waals surface area contributed by atoms with E-state index in [1.165, 1.54) is 11.1 Å². The first-order valence-electron chi connectivity index (χ1n) is 6.38. The van der Waals surface area contributed by atoms with E-state index >= 15 is 0 Å². The van der Waals surface area contributed by atoms with Crippen molar-refractivity contribution in [1.82, 2.24) is 10.6 Å². The minimum absolute atomic E-state index is 0.137. The Balaban J connectivity index is 1.76. The van der Waals surface area contributed by atoms with Crippen LogP contribution in [0.1, 0.15) is 17.5 Å². The van der Waals surface area contributed by atoms with Gasteiger partial charge >= 0.3 is 0 Å². The number of nitrogens with one attached hydrogen (secondary N) is 2. The zero-order valence-electron chi connectivity index (χ0n) is 10.7. The SMILES string of the molecule is Cc1ccccc1CNC(=O)CC1CSCCN1. The third-order valence-corrected chi connectivity index (χ3v) is 4.30. The van der Waals surface area contributed by atoms with E-state index < -0.39 is 0 Å². The summed E-state index contributed by atoms with van der Waals surface area (Å²) >= 11 is 1.92. The molecule has 1 atom stereocenters. The second-order valence-corrected chi connectivity index (χ2v) is 5.78. The van der Waals surface area contributed by atoms with E-state index in [-0.39, 0.29) is 5.91 Å².